The van der Waals surface area contributed by atoms with E-state index in [1.165, 1.54) is 25.7 Å². The molecule has 1 N–H and O–H groups in total. The van der Waals surface area contributed by atoms with Crippen LogP contribution in [-0.2, 0) is 13.6 Å². The molecule has 0 aliphatic carbocycles. The number of nitrogens with zero attached hydrogens (tertiary/aromatic N) is 6. The lowest BCUT2D eigenvalue weighted by Crippen LogP contribution is -2.38. The van der Waals surface area contributed by atoms with Crippen LogP contribution in [0.4, 0.5) is 0 Å². The number of aromatic nitrogens is 5. The summed E-state index contributed by atoms with van der Waals surface area (Å²) in [6.07, 6.45) is 8.73. The van der Waals surface area contributed by atoms with E-state index in [1.807, 2.05) is 4.90 Å². The number of aromatic amines is 1. The zero-order chi connectivity index (χ0) is 18.6. The largest absolute Gasteiger partial charge is 0.337 e. The maximum atomic E-state index is 12.4. The van der Waals surface area contributed by atoms with Gasteiger partial charge in [0.25, 0.3) is 5.91 Å². The van der Waals surface area contributed by atoms with Gasteiger partial charge in [-0.1, -0.05) is 12.8 Å². The maximum Gasteiger partial charge on any atom is 0.271 e. The topological polar surface area (TPSA) is 82.9 Å². The molecule has 0 unspecified atom stereocenters. The van der Waals surface area contributed by atoms with Crippen molar-refractivity contribution in [1.29, 1.82) is 0 Å². The summed E-state index contributed by atoms with van der Waals surface area (Å²) in [5, 5.41) is 15.6. The van der Waals surface area contributed by atoms with Gasteiger partial charge >= 0.3 is 0 Å². The fourth-order valence-corrected chi connectivity index (χ4v) is 4.25. The summed E-state index contributed by atoms with van der Waals surface area (Å²) in [5.41, 5.74) is 0.562. The molecule has 146 valence electrons. The van der Waals surface area contributed by atoms with E-state index in [4.69, 9.17) is 0 Å². The molecule has 0 atom stereocenters. The molecule has 2 aromatic rings. The molecule has 0 spiro atoms. The van der Waals surface area contributed by atoms with Gasteiger partial charge in [-0.15, -0.1) is 10.2 Å². The second-order valence-electron chi connectivity index (χ2n) is 7.76. The lowest BCUT2D eigenvalue weighted by molar-refractivity contribution is 0.0704. The summed E-state index contributed by atoms with van der Waals surface area (Å²) in [7, 11) is 2.09. The molecular formula is C19H29N7O. The summed E-state index contributed by atoms with van der Waals surface area (Å²) in [6.45, 7) is 4.71. The Morgan fingerprint density at radius 2 is 1.85 bits per heavy atom. The quantitative estimate of drug-likeness (QED) is 0.888. The van der Waals surface area contributed by atoms with E-state index < -0.39 is 0 Å². The first-order valence-corrected chi connectivity index (χ1v) is 10.1. The highest BCUT2D eigenvalue weighted by molar-refractivity contribution is 5.92. The molecule has 2 aliphatic heterocycles. The van der Waals surface area contributed by atoms with Crippen molar-refractivity contribution in [3.63, 3.8) is 0 Å². The molecule has 0 bridgehead atoms. The molecular weight excluding hydrogens is 342 g/mol. The summed E-state index contributed by atoms with van der Waals surface area (Å²) in [5.74, 6) is 2.52. The molecule has 8 nitrogen and oxygen atoms in total. The van der Waals surface area contributed by atoms with Crippen molar-refractivity contribution in [2.75, 3.05) is 26.2 Å². The van der Waals surface area contributed by atoms with E-state index in [1.54, 1.807) is 12.3 Å². The molecule has 4 rings (SSSR count). The molecule has 0 radical (unpaired) electrons. The number of rotatable bonds is 4. The van der Waals surface area contributed by atoms with Gasteiger partial charge in [-0.3, -0.25) is 14.8 Å². The highest BCUT2D eigenvalue weighted by Gasteiger charge is 2.28. The van der Waals surface area contributed by atoms with E-state index in [0.29, 0.717) is 11.6 Å². The second-order valence-corrected chi connectivity index (χ2v) is 7.76. The first kappa shape index (κ1) is 18.2. The van der Waals surface area contributed by atoms with Gasteiger partial charge in [0.2, 0.25) is 0 Å². The van der Waals surface area contributed by atoms with Gasteiger partial charge in [-0.25, -0.2) is 0 Å². The van der Waals surface area contributed by atoms with Gasteiger partial charge in [0.15, 0.2) is 0 Å². The van der Waals surface area contributed by atoms with Gasteiger partial charge in [0, 0.05) is 32.3 Å². The SMILES string of the molecule is Cn1c(CN2CCCCCC2)nnc1C1CCN(C(=O)c2ccn[nH]2)CC1. The number of carbonyl (C=O) groups is 1. The molecule has 1 amide bonds. The first-order valence-electron chi connectivity index (χ1n) is 10.1. The van der Waals surface area contributed by atoms with Crippen LogP contribution >= 0.6 is 0 Å². The normalized spacial score (nSPS) is 20.0. The van der Waals surface area contributed by atoms with Crippen molar-refractivity contribution < 1.29 is 4.79 Å². The maximum absolute atomic E-state index is 12.4. The number of hydrogen-bond acceptors (Lipinski definition) is 5. The number of nitrogens with one attached hydrogen (secondary N) is 1. The van der Waals surface area contributed by atoms with Crippen molar-refractivity contribution >= 4 is 5.91 Å². The Bertz CT molecular complexity index is 738. The van der Waals surface area contributed by atoms with Crippen LogP contribution < -0.4 is 0 Å². The number of hydrogen-bond donors (Lipinski definition) is 1. The molecule has 2 aromatic heterocycles. The van der Waals surface area contributed by atoms with Crippen molar-refractivity contribution in [2.45, 2.75) is 51.0 Å². The number of carbonyl (C=O) groups excluding carboxylic acids is 1. The molecule has 27 heavy (non-hydrogen) atoms. The lowest BCUT2D eigenvalue weighted by atomic mass is 9.95. The molecule has 2 saturated heterocycles. The van der Waals surface area contributed by atoms with E-state index in [9.17, 15) is 4.79 Å². The van der Waals surface area contributed by atoms with Gasteiger partial charge in [-0.05, 0) is 44.8 Å². The second kappa shape index (κ2) is 8.21. The van der Waals surface area contributed by atoms with Gasteiger partial charge in [-0.2, -0.15) is 5.10 Å². The average Bonchev–Trinajstić information content (AvgIpc) is 3.27. The van der Waals surface area contributed by atoms with Crippen molar-refractivity contribution in [2.24, 2.45) is 7.05 Å². The van der Waals surface area contributed by atoms with Crippen LogP contribution in [0.25, 0.3) is 0 Å². The Balaban J connectivity index is 1.36. The van der Waals surface area contributed by atoms with Gasteiger partial charge in [0.05, 0.1) is 6.54 Å². The van der Waals surface area contributed by atoms with Crippen molar-refractivity contribution in [3.8, 4) is 0 Å². The fourth-order valence-electron chi connectivity index (χ4n) is 4.25. The third kappa shape index (κ3) is 4.05. The predicted octanol–water partition coefficient (Wildman–Crippen LogP) is 1.93. The van der Waals surface area contributed by atoms with Gasteiger partial charge in [0.1, 0.15) is 17.3 Å². The summed E-state index contributed by atoms with van der Waals surface area (Å²) in [4.78, 5) is 16.8. The van der Waals surface area contributed by atoms with Crippen molar-refractivity contribution in [1.82, 2.24) is 34.8 Å². The fraction of sp³-hybridized carbons (Fsp3) is 0.684. The van der Waals surface area contributed by atoms with Crippen LogP contribution in [0.1, 0.15) is 66.6 Å². The van der Waals surface area contributed by atoms with Crippen LogP contribution in [0.2, 0.25) is 0 Å². The molecule has 2 fully saturated rings. The summed E-state index contributed by atoms with van der Waals surface area (Å²) < 4.78 is 2.18. The predicted molar refractivity (Wildman–Crippen MR) is 101 cm³/mol. The van der Waals surface area contributed by atoms with E-state index in [-0.39, 0.29) is 5.91 Å². The standard InChI is InChI=1S/C19H29N7O/c1-24-17(14-25-10-4-2-3-5-11-25)22-23-18(24)15-7-12-26(13-8-15)19(27)16-6-9-20-21-16/h6,9,15H,2-5,7-8,10-14H2,1H3,(H,20,21). The minimum Gasteiger partial charge on any atom is -0.337 e. The Labute approximate surface area is 159 Å². The van der Waals surface area contributed by atoms with Crippen LogP contribution in [0.15, 0.2) is 12.3 Å². The average molecular weight is 371 g/mol. The van der Waals surface area contributed by atoms with Crippen molar-refractivity contribution in [3.05, 3.63) is 29.6 Å². The Morgan fingerprint density at radius 3 is 2.52 bits per heavy atom. The van der Waals surface area contributed by atoms with E-state index in [0.717, 1.165) is 57.2 Å². The molecule has 2 aliphatic rings. The Hall–Kier alpha value is -2.22. The monoisotopic (exact) mass is 371 g/mol. The number of likely N-dealkylation sites (tertiary alicyclic amines) is 2. The minimum atomic E-state index is 0.0331. The van der Waals surface area contributed by atoms with Gasteiger partial charge < -0.3 is 9.47 Å². The Kier molecular flexibility index (Phi) is 5.52. The lowest BCUT2D eigenvalue weighted by Gasteiger charge is -2.31. The molecule has 4 heterocycles. The van der Waals surface area contributed by atoms with Crippen LogP contribution in [0, 0.1) is 0 Å². The number of piperidine rings is 1. The molecule has 0 aromatic carbocycles. The van der Waals surface area contributed by atoms with E-state index >= 15 is 0 Å². The minimum absolute atomic E-state index is 0.0331. The van der Waals surface area contributed by atoms with E-state index in [2.05, 4.69) is 36.9 Å². The molecule has 8 heteroatoms. The zero-order valence-electron chi connectivity index (χ0n) is 16.1. The number of amides is 1. The smallest absolute Gasteiger partial charge is 0.271 e. The van der Waals surface area contributed by atoms with Crippen LogP contribution in [0.5, 0.6) is 0 Å². The molecule has 0 saturated carbocycles. The van der Waals surface area contributed by atoms with Crippen LogP contribution in [-0.4, -0.2) is 66.8 Å². The zero-order valence-corrected chi connectivity index (χ0v) is 16.1. The Morgan fingerprint density at radius 1 is 1.11 bits per heavy atom. The summed E-state index contributed by atoms with van der Waals surface area (Å²) in [6, 6.07) is 1.73. The number of H-pyrrole nitrogens is 1. The third-order valence-electron chi connectivity index (χ3n) is 5.94. The highest BCUT2D eigenvalue weighted by atomic mass is 16.2. The summed E-state index contributed by atoms with van der Waals surface area (Å²) >= 11 is 0. The highest BCUT2D eigenvalue weighted by Crippen LogP contribution is 2.27. The third-order valence-corrected chi connectivity index (χ3v) is 5.94. The first-order chi connectivity index (χ1) is 13.2. The van der Waals surface area contributed by atoms with Crippen LogP contribution in [0.3, 0.4) is 0 Å².